The molecule has 0 unspecified atom stereocenters. The number of carbonyl (C=O) groups is 1. The molecule has 2 aromatic heterocycles. The number of rotatable bonds is 4. The summed E-state index contributed by atoms with van der Waals surface area (Å²) < 4.78 is 7.30. The minimum Gasteiger partial charge on any atom is -0.378 e. The van der Waals surface area contributed by atoms with Crippen LogP contribution in [0.25, 0.3) is 10.9 Å². The van der Waals surface area contributed by atoms with Crippen molar-refractivity contribution >= 4 is 16.8 Å². The van der Waals surface area contributed by atoms with Crippen LogP contribution >= 0.6 is 0 Å². The largest absolute Gasteiger partial charge is 0.378 e. The van der Waals surface area contributed by atoms with E-state index in [0.717, 1.165) is 30.5 Å². The fourth-order valence-electron chi connectivity index (χ4n) is 4.88. The van der Waals surface area contributed by atoms with Crippen molar-refractivity contribution < 1.29 is 9.53 Å². The molecule has 1 saturated heterocycles. The van der Waals surface area contributed by atoms with E-state index in [9.17, 15) is 9.59 Å². The quantitative estimate of drug-likeness (QED) is 0.655. The molecule has 0 saturated carbocycles. The first-order valence-corrected chi connectivity index (χ1v) is 11.1. The Hall–Kier alpha value is -2.99. The highest BCUT2D eigenvalue weighted by atomic mass is 16.5. The van der Waals surface area contributed by atoms with Crippen LogP contribution in [0.3, 0.4) is 0 Å². The van der Waals surface area contributed by atoms with Gasteiger partial charge in [0.05, 0.1) is 24.9 Å². The van der Waals surface area contributed by atoms with E-state index in [1.807, 2.05) is 17.6 Å². The minimum atomic E-state index is -0.206. The van der Waals surface area contributed by atoms with E-state index in [2.05, 4.69) is 29.2 Å². The Balaban J connectivity index is 1.48. The van der Waals surface area contributed by atoms with E-state index in [1.54, 1.807) is 17.3 Å². The summed E-state index contributed by atoms with van der Waals surface area (Å²) >= 11 is 0. The molecular weight excluding hydrogens is 390 g/mol. The molecule has 1 aliphatic carbocycles. The first-order valence-electron chi connectivity index (χ1n) is 11.1. The van der Waals surface area contributed by atoms with Crippen LogP contribution in [-0.4, -0.2) is 46.7 Å². The van der Waals surface area contributed by atoms with Crippen LogP contribution in [0, 0.1) is 5.92 Å². The Morgan fingerprint density at radius 2 is 1.87 bits per heavy atom. The lowest BCUT2D eigenvalue weighted by atomic mass is 9.99. The topological polar surface area (TPSA) is 64.4 Å². The summed E-state index contributed by atoms with van der Waals surface area (Å²) in [5.74, 6) is 0.288. The van der Waals surface area contributed by atoms with Gasteiger partial charge in [0.1, 0.15) is 5.56 Å². The highest BCUT2D eigenvalue weighted by Crippen LogP contribution is 2.29. The summed E-state index contributed by atoms with van der Waals surface area (Å²) in [6, 6.07) is 10.5. The number of ether oxygens (including phenoxy) is 1. The highest BCUT2D eigenvalue weighted by molar-refractivity contribution is 5.97. The van der Waals surface area contributed by atoms with E-state index in [0.29, 0.717) is 44.2 Å². The van der Waals surface area contributed by atoms with Crippen LogP contribution in [-0.2, 0) is 30.5 Å². The second-order valence-electron chi connectivity index (χ2n) is 8.50. The number of aryl methyl sites for hydroxylation is 1. The van der Waals surface area contributed by atoms with E-state index < -0.39 is 0 Å². The number of fused-ring (bicyclic) bond motifs is 2. The average molecular weight is 418 g/mol. The summed E-state index contributed by atoms with van der Waals surface area (Å²) in [5, 5.41) is 0.585. The fourth-order valence-corrected chi connectivity index (χ4v) is 4.88. The summed E-state index contributed by atoms with van der Waals surface area (Å²) in [4.78, 5) is 32.8. The van der Waals surface area contributed by atoms with Crippen molar-refractivity contribution in [2.45, 2.75) is 32.7 Å². The smallest absolute Gasteiger partial charge is 0.259 e. The molecule has 160 valence electrons. The second kappa shape index (κ2) is 8.27. The molecule has 1 aromatic carbocycles. The Morgan fingerprint density at radius 1 is 1.16 bits per heavy atom. The number of nitrogens with zero attached hydrogens (tertiary/aromatic N) is 3. The average Bonchev–Trinajstić information content (AvgIpc) is 3.22. The highest BCUT2D eigenvalue weighted by Gasteiger charge is 2.24. The molecule has 2 aliphatic rings. The molecule has 0 spiro atoms. The fraction of sp³-hybridized carbons (Fsp3) is 0.400. The lowest BCUT2D eigenvalue weighted by Gasteiger charge is -2.27. The van der Waals surface area contributed by atoms with Gasteiger partial charge in [-0.3, -0.25) is 14.6 Å². The molecule has 5 rings (SSSR count). The van der Waals surface area contributed by atoms with Crippen molar-refractivity contribution in [3.05, 3.63) is 75.3 Å². The molecule has 0 bridgehead atoms. The number of carbonyl (C=O) groups excluding carboxylic acids is 1. The van der Waals surface area contributed by atoms with Gasteiger partial charge < -0.3 is 14.2 Å². The van der Waals surface area contributed by atoms with Crippen LogP contribution in [0.15, 0.2) is 47.5 Å². The molecule has 3 aromatic rings. The third-order valence-electron chi connectivity index (χ3n) is 6.53. The van der Waals surface area contributed by atoms with Gasteiger partial charge in [-0.25, -0.2) is 0 Å². The van der Waals surface area contributed by atoms with Gasteiger partial charge >= 0.3 is 0 Å². The van der Waals surface area contributed by atoms with Gasteiger partial charge in [0, 0.05) is 36.9 Å². The first-order chi connectivity index (χ1) is 15.1. The van der Waals surface area contributed by atoms with Crippen LogP contribution in [0.5, 0.6) is 0 Å². The summed E-state index contributed by atoms with van der Waals surface area (Å²) in [7, 11) is 0. The second-order valence-corrected chi connectivity index (χ2v) is 8.50. The third-order valence-corrected chi connectivity index (χ3v) is 6.53. The van der Waals surface area contributed by atoms with Crippen LogP contribution in [0.4, 0.5) is 0 Å². The van der Waals surface area contributed by atoms with Crippen molar-refractivity contribution in [2.75, 3.05) is 26.3 Å². The van der Waals surface area contributed by atoms with Gasteiger partial charge in [-0.2, -0.15) is 0 Å². The van der Waals surface area contributed by atoms with Crippen molar-refractivity contribution in [1.82, 2.24) is 14.5 Å². The lowest BCUT2D eigenvalue weighted by Crippen LogP contribution is -2.42. The van der Waals surface area contributed by atoms with Crippen molar-refractivity contribution in [3.63, 3.8) is 0 Å². The number of benzene rings is 1. The predicted octanol–water partition coefficient (Wildman–Crippen LogP) is 2.85. The zero-order valence-corrected chi connectivity index (χ0v) is 17.8. The first kappa shape index (κ1) is 19.9. The predicted molar refractivity (Wildman–Crippen MR) is 119 cm³/mol. The molecule has 3 heterocycles. The maximum Gasteiger partial charge on any atom is 0.259 e. The van der Waals surface area contributed by atoms with E-state index in [1.165, 1.54) is 11.1 Å². The molecular formula is C25H27N3O3. The molecule has 6 nitrogen and oxygen atoms in total. The molecule has 0 N–H and O–H groups in total. The summed E-state index contributed by atoms with van der Waals surface area (Å²) in [6.07, 6.45) is 6.41. The van der Waals surface area contributed by atoms with E-state index in [4.69, 9.17) is 4.74 Å². The van der Waals surface area contributed by atoms with Gasteiger partial charge in [0.2, 0.25) is 5.43 Å². The maximum absolute atomic E-state index is 13.3. The number of hydrogen-bond donors (Lipinski definition) is 0. The number of morpholine rings is 1. The van der Waals surface area contributed by atoms with Gasteiger partial charge in [0.15, 0.2) is 0 Å². The molecule has 1 fully saturated rings. The van der Waals surface area contributed by atoms with Crippen LogP contribution < -0.4 is 5.43 Å². The summed E-state index contributed by atoms with van der Waals surface area (Å²) in [6.45, 7) is 4.74. The number of hydrogen-bond acceptors (Lipinski definition) is 4. The SMILES string of the molecule is CCn1cc(C(=O)N2CCOCC2)c(=O)c2cc(CC3Cc4ccccc4C3)ncc21. The van der Waals surface area contributed by atoms with Gasteiger partial charge in [0.25, 0.3) is 5.91 Å². The Morgan fingerprint density at radius 3 is 2.55 bits per heavy atom. The zero-order valence-electron chi connectivity index (χ0n) is 17.8. The van der Waals surface area contributed by atoms with E-state index >= 15 is 0 Å². The van der Waals surface area contributed by atoms with Crippen molar-refractivity contribution in [3.8, 4) is 0 Å². The van der Waals surface area contributed by atoms with Crippen LogP contribution in [0.2, 0.25) is 0 Å². The Labute approximate surface area is 181 Å². The van der Waals surface area contributed by atoms with Crippen molar-refractivity contribution in [1.29, 1.82) is 0 Å². The normalized spacial score (nSPS) is 16.6. The molecule has 0 atom stereocenters. The number of amides is 1. The molecule has 1 amide bonds. The van der Waals surface area contributed by atoms with Crippen molar-refractivity contribution in [2.24, 2.45) is 5.92 Å². The lowest BCUT2D eigenvalue weighted by molar-refractivity contribution is 0.0301. The van der Waals surface area contributed by atoms with E-state index in [-0.39, 0.29) is 16.9 Å². The number of aromatic nitrogens is 2. The molecule has 6 heteroatoms. The monoisotopic (exact) mass is 417 g/mol. The van der Waals surface area contributed by atoms with Gasteiger partial charge in [-0.1, -0.05) is 24.3 Å². The maximum atomic E-state index is 13.3. The number of pyridine rings is 2. The molecule has 0 radical (unpaired) electrons. The third kappa shape index (κ3) is 3.76. The van der Waals surface area contributed by atoms with Gasteiger partial charge in [-0.05, 0) is 49.3 Å². The van der Waals surface area contributed by atoms with Crippen LogP contribution in [0.1, 0.15) is 34.1 Å². The van der Waals surface area contributed by atoms with Gasteiger partial charge in [-0.15, -0.1) is 0 Å². The zero-order chi connectivity index (χ0) is 21.4. The Bertz CT molecular complexity index is 1170. The molecule has 1 aliphatic heterocycles. The Kier molecular flexibility index (Phi) is 5.32. The minimum absolute atomic E-state index is 0.199. The standard InChI is InChI=1S/C25H27N3O3/c1-2-27-16-22(25(30)28-7-9-31-10-8-28)24(29)21-14-20(26-15-23(21)27)13-17-11-18-5-3-4-6-19(18)12-17/h3-6,14-17H,2,7-13H2,1H3. The summed E-state index contributed by atoms with van der Waals surface area (Å²) in [5.41, 5.74) is 4.57. The molecule has 31 heavy (non-hydrogen) atoms.